The van der Waals surface area contributed by atoms with Crippen molar-refractivity contribution in [3.63, 3.8) is 0 Å². The van der Waals surface area contributed by atoms with Crippen LogP contribution >= 0.6 is 0 Å². The number of non-ortho nitro benzene ring substituents is 1. The maximum absolute atomic E-state index is 12.9. The molecule has 1 aliphatic rings. The van der Waals surface area contributed by atoms with Crippen LogP contribution in [-0.2, 0) is 11.3 Å². The molecule has 9 heteroatoms. The normalized spacial score (nSPS) is 14.0. The fraction of sp³-hybridized carbons (Fsp3) is 0.391. The number of nitro groups is 1. The van der Waals surface area contributed by atoms with E-state index in [1.165, 1.54) is 26.4 Å². The average Bonchev–Trinajstić information content (AvgIpc) is 2.82. The van der Waals surface area contributed by atoms with Gasteiger partial charge in [0.15, 0.2) is 0 Å². The molecule has 0 unspecified atom stereocenters. The Kier molecular flexibility index (Phi) is 7.29. The zero-order chi connectivity index (χ0) is 23.3. The predicted molar refractivity (Wildman–Crippen MR) is 118 cm³/mol. The van der Waals surface area contributed by atoms with Gasteiger partial charge in [0.2, 0.25) is 5.91 Å². The Balaban J connectivity index is 1.59. The van der Waals surface area contributed by atoms with Gasteiger partial charge in [-0.15, -0.1) is 0 Å². The van der Waals surface area contributed by atoms with Gasteiger partial charge in [-0.25, -0.2) is 0 Å². The van der Waals surface area contributed by atoms with E-state index < -0.39 is 4.92 Å². The van der Waals surface area contributed by atoms with Crippen molar-refractivity contribution < 1.29 is 24.0 Å². The van der Waals surface area contributed by atoms with Crippen molar-refractivity contribution >= 4 is 17.5 Å². The lowest BCUT2D eigenvalue weighted by Gasteiger charge is -2.33. The third-order valence-electron chi connectivity index (χ3n) is 5.65. The van der Waals surface area contributed by atoms with Gasteiger partial charge in [-0.1, -0.05) is 12.1 Å². The summed E-state index contributed by atoms with van der Waals surface area (Å²) in [6.07, 6.45) is 1.12. The third-order valence-corrected chi connectivity index (χ3v) is 5.65. The topological polar surface area (TPSA) is 102 Å². The van der Waals surface area contributed by atoms with E-state index in [1.807, 2.05) is 0 Å². The molecule has 0 radical (unpaired) electrons. The smallest absolute Gasteiger partial charge is 0.269 e. The second kappa shape index (κ2) is 10.1. The second-order valence-corrected chi connectivity index (χ2v) is 7.79. The summed E-state index contributed by atoms with van der Waals surface area (Å²) in [6, 6.07) is 11.3. The molecule has 2 aromatic rings. The van der Waals surface area contributed by atoms with Crippen molar-refractivity contribution in [1.82, 2.24) is 9.80 Å². The molecule has 3 rings (SSSR count). The molecule has 0 saturated carbocycles. The minimum atomic E-state index is -0.448. The van der Waals surface area contributed by atoms with Crippen LogP contribution in [0.2, 0.25) is 0 Å². The number of likely N-dealkylation sites (tertiary alicyclic amines) is 1. The Hall–Kier alpha value is -3.62. The van der Waals surface area contributed by atoms with Crippen molar-refractivity contribution in [2.24, 2.45) is 5.92 Å². The van der Waals surface area contributed by atoms with Gasteiger partial charge in [0.25, 0.3) is 11.6 Å². The molecule has 1 saturated heterocycles. The van der Waals surface area contributed by atoms with Crippen LogP contribution in [0.25, 0.3) is 0 Å². The number of carbonyl (C=O) groups excluding carboxylic acids is 2. The Labute approximate surface area is 186 Å². The Morgan fingerprint density at radius 2 is 1.72 bits per heavy atom. The molecule has 0 N–H and O–H groups in total. The highest BCUT2D eigenvalue weighted by atomic mass is 16.6. The number of carbonyl (C=O) groups is 2. The monoisotopic (exact) mass is 441 g/mol. The molecule has 1 heterocycles. The SMILES string of the molecule is COc1cc(OC)cc(C(=O)N2CCC(C(=O)N(C)Cc3cccc([N+](=O)[O-])c3)CC2)c1. The molecule has 2 aromatic carbocycles. The van der Waals surface area contributed by atoms with Gasteiger partial charge >= 0.3 is 0 Å². The summed E-state index contributed by atoms with van der Waals surface area (Å²) in [5.41, 5.74) is 1.19. The van der Waals surface area contributed by atoms with Crippen molar-refractivity contribution in [1.29, 1.82) is 0 Å². The number of hydrogen-bond donors (Lipinski definition) is 0. The van der Waals surface area contributed by atoms with Crippen LogP contribution in [0.15, 0.2) is 42.5 Å². The number of nitrogens with zero attached hydrogens (tertiary/aromatic N) is 3. The second-order valence-electron chi connectivity index (χ2n) is 7.79. The van der Waals surface area contributed by atoms with E-state index in [9.17, 15) is 19.7 Å². The molecular formula is C23H27N3O6. The van der Waals surface area contributed by atoms with Crippen LogP contribution in [0.4, 0.5) is 5.69 Å². The fourth-order valence-electron chi connectivity index (χ4n) is 3.87. The molecule has 0 aromatic heterocycles. The number of benzene rings is 2. The van der Waals surface area contributed by atoms with E-state index in [0.29, 0.717) is 55.1 Å². The molecule has 170 valence electrons. The zero-order valence-corrected chi connectivity index (χ0v) is 18.4. The molecule has 0 bridgehead atoms. The van der Waals surface area contributed by atoms with Crippen molar-refractivity contribution in [2.45, 2.75) is 19.4 Å². The van der Waals surface area contributed by atoms with Gasteiger partial charge in [-0.3, -0.25) is 19.7 Å². The minimum absolute atomic E-state index is 0.00402. The fourth-order valence-corrected chi connectivity index (χ4v) is 3.87. The predicted octanol–water partition coefficient (Wildman–Crippen LogP) is 3.12. The summed E-state index contributed by atoms with van der Waals surface area (Å²) >= 11 is 0. The van der Waals surface area contributed by atoms with E-state index in [1.54, 1.807) is 47.2 Å². The molecular weight excluding hydrogens is 414 g/mol. The largest absolute Gasteiger partial charge is 0.497 e. The van der Waals surface area contributed by atoms with E-state index in [2.05, 4.69) is 0 Å². The summed E-state index contributed by atoms with van der Waals surface area (Å²) in [4.78, 5) is 39.7. The van der Waals surface area contributed by atoms with Crippen LogP contribution < -0.4 is 9.47 Å². The first kappa shape index (κ1) is 23.1. The first-order valence-electron chi connectivity index (χ1n) is 10.3. The average molecular weight is 441 g/mol. The van der Waals surface area contributed by atoms with Crippen molar-refractivity contribution in [2.75, 3.05) is 34.4 Å². The number of nitro benzene ring substituents is 1. The lowest BCUT2D eigenvalue weighted by atomic mass is 9.94. The summed E-state index contributed by atoms with van der Waals surface area (Å²) in [6.45, 7) is 1.24. The van der Waals surface area contributed by atoms with Crippen LogP contribution in [0.5, 0.6) is 11.5 Å². The molecule has 0 aliphatic carbocycles. The van der Waals surface area contributed by atoms with Gasteiger partial charge in [-0.05, 0) is 30.5 Å². The van der Waals surface area contributed by atoms with Crippen molar-refractivity contribution in [3.8, 4) is 11.5 Å². The lowest BCUT2D eigenvalue weighted by Crippen LogP contribution is -2.43. The maximum Gasteiger partial charge on any atom is 0.269 e. The van der Waals surface area contributed by atoms with Crippen LogP contribution in [0.3, 0.4) is 0 Å². The van der Waals surface area contributed by atoms with E-state index in [-0.39, 0.29) is 23.4 Å². The summed E-state index contributed by atoms with van der Waals surface area (Å²) in [5.74, 6) is 0.744. The van der Waals surface area contributed by atoms with Crippen LogP contribution in [-0.4, -0.2) is 60.9 Å². The highest BCUT2D eigenvalue weighted by Gasteiger charge is 2.30. The Bertz CT molecular complexity index is 979. The molecule has 1 fully saturated rings. The lowest BCUT2D eigenvalue weighted by molar-refractivity contribution is -0.384. The molecule has 2 amide bonds. The number of methoxy groups -OCH3 is 2. The summed E-state index contributed by atoms with van der Waals surface area (Å²) in [7, 11) is 4.76. The van der Waals surface area contributed by atoms with E-state index in [0.717, 1.165) is 0 Å². The quantitative estimate of drug-likeness (QED) is 0.483. The molecule has 0 spiro atoms. The first-order chi connectivity index (χ1) is 15.3. The number of amides is 2. The minimum Gasteiger partial charge on any atom is -0.497 e. The molecule has 9 nitrogen and oxygen atoms in total. The summed E-state index contributed by atoms with van der Waals surface area (Å²) < 4.78 is 10.5. The van der Waals surface area contributed by atoms with Crippen LogP contribution in [0.1, 0.15) is 28.8 Å². The Morgan fingerprint density at radius 3 is 2.28 bits per heavy atom. The van der Waals surface area contributed by atoms with Crippen molar-refractivity contribution in [3.05, 3.63) is 63.7 Å². The van der Waals surface area contributed by atoms with Crippen LogP contribution in [0, 0.1) is 16.0 Å². The number of hydrogen-bond acceptors (Lipinski definition) is 6. The van der Waals surface area contributed by atoms with Gasteiger partial charge in [0.1, 0.15) is 11.5 Å². The number of ether oxygens (including phenoxy) is 2. The first-order valence-corrected chi connectivity index (χ1v) is 10.3. The number of rotatable bonds is 7. The van der Waals surface area contributed by atoms with Gasteiger partial charge in [0.05, 0.1) is 19.1 Å². The highest BCUT2D eigenvalue weighted by Crippen LogP contribution is 2.26. The zero-order valence-electron chi connectivity index (χ0n) is 18.4. The summed E-state index contributed by atoms with van der Waals surface area (Å²) in [5, 5.41) is 11.0. The number of piperidine rings is 1. The van der Waals surface area contributed by atoms with E-state index >= 15 is 0 Å². The highest BCUT2D eigenvalue weighted by molar-refractivity contribution is 5.95. The molecule has 32 heavy (non-hydrogen) atoms. The standard InChI is InChI=1S/C23H27N3O6/c1-24(15-16-5-4-6-19(11-16)26(29)30)22(27)17-7-9-25(10-8-17)23(28)18-12-20(31-2)14-21(13-18)32-3/h4-6,11-14,17H,7-10,15H2,1-3H3. The Morgan fingerprint density at radius 1 is 1.09 bits per heavy atom. The van der Waals surface area contributed by atoms with Gasteiger partial charge < -0.3 is 19.3 Å². The third kappa shape index (κ3) is 5.35. The van der Waals surface area contributed by atoms with Gasteiger partial charge in [-0.2, -0.15) is 0 Å². The van der Waals surface area contributed by atoms with Gasteiger partial charge in [0, 0.05) is 56.4 Å². The molecule has 0 atom stereocenters. The maximum atomic E-state index is 12.9. The van der Waals surface area contributed by atoms with E-state index in [4.69, 9.17) is 9.47 Å². The molecule has 1 aliphatic heterocycles.